The maximum absolute atomic E-state index is 11.0. The average Bonchev–Trinajstić information content (AvgIpc) is 2.96. The topological polar surface area (TPSA) is 92.8 Å². The van der Waals surface area contributed by atoms with Crippen LogP contribution < -0.4 is 10.5 Å². The molecule has 5 heteroatoms. The van der Waals surface area contributed by atoms with Crippen LogP contribution in [0.25, 0.3) is 0 Å². The summed E-state index contributed by atoms with van der Waals surface area (Å²) >= 11 is 0. The third-order valence-corrected chi connectivity index (χ3v) is 3.11. The minimum atomic E-state index is -1.25. The van der Waals surface area contributed by atoms with Crippen LogP contribution in [0.2, 0.25) is 0 Å². The molecule has 2 rings (SSSR count). The van der Waals surface area contributed by atoms with E-state index in [-0.39, 0.29) is 11.7 Å². The van der Waals surface area contributed by atoms with Crippen molar-refractivity contribution in [2.24, 2.45) is 5.73 Å². The molecule has 1 aromatic rings. The number of rotatable bonds is 4. The summed E-state index contributed by atoms with van der Waals surface area (Å²) < 4.78 is 5.25. The molecule has 0 bridgehead atoms. The molecule has 1 aromatic carbocycles. The SMILES string of the molecule is CCOc1cccc(C2CC2(N)C(=O)O)c1O. The zero-order valence-electron chi connectivity index (χ0n) is 9.51. The smallest absolute Gasteiger partial charge is 0.324 e. The first-order chi connectivity index (χ1) is 8.00. The second-order valence-corrected chi connectivity index (χ2v) is 4.23. The van der Waals surface area contributed by atoms with E-state index >= 15 is 0 Å². The lowest BCUT2D eigenvalue weighted by Crippen LogP contribution is -2.34. The number of carboxylic acid groups (broad SMARTS) is 1. The molecule has 0 radical (unpaired) electrons. The number of aromatic hydroxyl groups is 1. The number of aliphatic carboxylic acids is 1. The number of nitrogens with two attached hydrogens (primary N) is 1. The summed E-state index contributed by atoms with van der Waals surface area (Å²) in [5.41, 5.74) is 5.00. The number of benzene rings is 1. The Hall–Kier alpha value is -1.75. The van der Waals surface area contributed by atoms with Crippen LogP contribution in [0, 0.1) is 0 Å². The van der Waals surface area contributed by atoms with Crippen LogP contribution in [0.5, 0.6) is 11.5 Å². The molecule has 2 unspecified atom stereocenters. The van der Waals surface area contributed by atoms with E-state index in [1.165, 1.54) is 0 Å². The van der Waals surface area contributed by atoms with Crippen molar-refractivity contribution in [3.63, 3.8) is 0 Å². The highest BCUT2D eigenvalue weighted by Crippen LogP contribution is 2.53. The standard InChI is InChI=1S/C12H15NO4/c1-2-17-9-5-3-4-7(10(9)14)8-6-12(8,13)11(15)16/h3-5,8,14H,2,6,13H2,1H3,(H,15,16). The van der Waals surface area contributed by atoms with Gasteiger partial charge in [0, 0.05) is 11.5 Å². The number of phenols is 1. The summed E-state index contributed by atoms with van der Waals surface area (Å²) in [6, 6.07) is 5.05. The first kappa shape index (κ1) is 11.7. The van der Waals surface area contributed by atoms with Crippen molar-refractivity contribution >= 4 is 5.97 Å². The number of carboxylic acids is 1. The maximum atomic E-state index is 11.0. The molecule has 0 heterocycles. The fraction of sp³-hybridized carbons (Fsp3) is 0.417. The minimum Gasteiger partial charge on any atom is -0.504 e. The first-order valence-electron chi connectivity index (χ1n) is 5.47. The molecule has 0 aromatic heterocycles. The monoisotopic (exact) mass is 237 g/mol. The second kappa shape index (κ2) is 3.92. The predicted octanol–water partition coefficient (Wildman–Crippen LogP) is 1.06. The van der Waals surface area contributed by atoms with Gasteiger partial charge in [-0.3, -0.25) is 4.79 Å². The number of carbonyl (C=O) groups is 1. The van der Waals surface area contributed by atoms with Gasteiger partial charge in [0.05, 0.1) is 6.61 Å². The van der Waals surface area contributed by atoms with Crippen molar-refractivity contribution in [2.45, 2.75) is 24.8 Å². The van der Waals surface area contributed by atoms with Gasteiger partial charge in [-0.2, -0.15) is 0 Å². The van der Waals surface area contributed by atoms with Crippen LogP contribution in [0.1, 0.15) is 24.8 Å². The third-order valence-electron chi connectivity index (χ3n) is 3.11. The van der Waals surface area contributed by atoms with E-state index in [1.807, 2.05) is 6.92 Å². The Kier molecular flexibility index (Phi) is 2.71. The molecule has 4 N–H and O–H groups in total. The van der Waals surface area contributed by atoms with E-state index < -0.39 is 11.5 Å². The Morgan fingerprint density at radius 3 is 2.88 bits per heavy atom. The molecule has 1 fully saturated rings. The molecule has 1 aliphatic carbocycles. The minimum absolute atomic E-state index is 0.00655. The lowest BCUT2D eigenvalue weighted by molar-refractivity contribution is -0.139. The number of hydrogen-bond acceptors (Lipinski definition) is 4. The summed E-state index contributed by atoms with van der Waals surface area (Å²) in [6.45, 7) is 2.25. The first-order valence-corrected chi connectivity index (χ1v) is 5.47. The Balaban J connectivity index is 2.30. The fourth-order valence-corrected chi connectivity index (χ4v) is 2.00. The van der Waals surface area contributed by atoms with Crippen LogP contribution in [0.3, 0.4) is 0 Å². The van der Waals surface area contributed by atoms with Crippen LogP contribution in [0.4, 0.5) is 0 Å². The zero-order valence-corrected chi connectivity index (χ0v) is 9.51. The molecule has 0 spiro atoms. The van der Waals surface area contributed by atoms with Crippen LogP contribution in [0.15, 0.2) is 18.2 Å². The van der Waals surface area contributed by atoms with Crippen molar-refractivity contribution < 1.29 is 19.7 Å². The number of phenolic OH excluding ortho intramolecular Hbond substituents is 1. The average molecular weight is 237 g/mol. The van der Waals surface area contributed by atoms with E-state index in [2.05, 4.69) is 0 Å². The van der Waals surface area contributed by atoms with Gasteiger partial charge in [0.2, 0.25) is 0 Å². The van der Waals surface area contributed by atoms with Gasteiger partial charge in [-0.1, -0.05) is 12.1 Å². The number of hydrogen-bond donors (Lipinski definition) is 3. The third kappa shape index (κ3) is 1.82. The second-order valence-electron chi connectivity index (χ2n) is 4.23. The molecule has 0 amide bonds. The molecular weight excluding hydrogens is 222 g/mol. The van der Waals surface area contributed by atoms with E-state index in [0.29, 0.717) is 24.3 Å². The Labute approximate surface area is 98.8 Å². The molecule has 17 heavy (non-hydrogen) atoms. The maximum Gasteiger partial charge on any atom is 0.324 e. The largest absolute Gasteiger partial charge is 0.504 e. The summed E-state index contributed by atoms with van der Waals surface area (Å²) in [5.74, 6) is -1.03. The van der Waals surface area contributed by atoms with E-state index in [4.69, 9.17) is 15.6 Å². The van der Waals surface area contributed by atoms with Crippen molar-refractivity contribution in [2.75, 3.05) is 6.61 Å². The van der Waals surface area contributed by atoms with Crippen LogP contribution in [-0.4, -0.2) is 28.3 Å². The highest BCUT2D eigenvalue weighted by molar-refractivity contribution is 5.85. The number of ether oxygens (including phenoxy) is 1. The van der Waals surface area contributed by atoms with Crippen molar-refractivity contribution in [1.29, 1.82) is 0 Å². The van der Waals surface area contributed by atoms with Crippen molar-refractivity contribution in [3.8, 4) is 11.5 Å². The van der Waals surface area contributed by atoms with E-state index in [0.717, 1.165) is 0 Å². The van der Waals surface area contributed by atoms with Crippen molar-refractivity contribution in [3.05, 3.63) is 23.8 Å². The van der Waals surface area contributed by atoms with Gasteiger partial charge in [-0.05, 0) is 19.4 Å². The van der Waals surface area contributed by atoms with Crippen LogP contribution in [-0.2, 0) is 4.79 Å². The van der Waals surface area contributed by atoms with Crippen LogP contribution >= 0.6 is 0 Å². The highest BCUT2D eigenvalue weighted by Gasteiger charge is 2.59. The zero-order chi connectivity index (χ0) is 12.6. The molecular formula is C12H15NO4. The molecule has 0 saturated heterocycles. The lowest BCUT2D eigenvalue weighted by Gasteiger charge is -2.11. The van der Waals surface area contributed by atoms with Gasteiger partial charge in [0.15, 0.2) is 11.5 Å². The van der Waals surface area contributed by atoms with E-state index in [1.54, 1.807) is 18.2 Å². The molecule has 2 atom stereocenters. The predicted molar refractivity (Wildman–Crippen MR) is 61.2 cm³/mol. The normalized spacial score (nSPS) is 26.6. The lowest BCUT2D eigenvalue weighted by atomic mass is 10.0. The Morgan fingerprint density at radius 1 is 1.65 bits per heavy atom. The van der Waals surface area contributed by atoms with Gasteiger partial charge in [0.25, 0.3) is 0 Å². The summed E-state index contributed by atoms with van der Waals surface area (Å²) in [7, 11) is 0. The van der Waals surface area contributed by atoms with Crippen molar-refractivity contribution in [1.82, 2.24) is 0 Å². The van der Waals surface area contributed by atoms with Gasteiger partial charge in [-0.15, -0.1) is 0 Å². The highest BCUT2D eigenvalue weighted by atomic mass is 16.5. The van der Waals surface area contributed by atoms with Gasteiger partial charge in [-0.25, -0.2) is 0 Å². The van der Waals surface area contributed by atoms with Gasteiger partial charge >= 0.3 is 5.97 Å². The van der Waals surface area contributed by atoms with Gasteiger partial charge < -0.3 is 20.7 Å². The Morgan fingerprint density at radius 2 is 2.35 bits per heavy atom. The van der Waals surface area contributed by atoms with E-state index in [9.17, 15) is 9.90 Å². The molecule has 5 nitrogen and oxygen atoms in total. The summed E-state index contributed by atoms with van der Waals surface area (Å²) in [5, 5.41) is 18.9. The summed E-state index contributed by atoms with van der Waals surface area (Å²) in [6.07, 6.45) is 0.339. The molecule has 92 valence electrons. The Bertz CT molecular complexity index is 460. The fourth-order valence-electron chi connectivity index (χ4n) is 2.00. The molecule has 0 aliphatic heterocycles. The molecule has 1 saturated carbocycles. The van der Waals surface area contributed by atoms with Gasteiger partial charge in [0.1, 0.15) is 5.54 Å². The summed E-state index contributed by atoms with van der Waals surface area (Å²) in [4.78, 5) is 11.0. The molecule has 1 aliphatic rings. The number of para-hydroxylation sites is 1. The quantitative estimate of drug-likeness (QED) is 0.728.